The lowest BCUT2D eigenvalue weighted by molar-refractivity contribution is -0.146. The van der Waals surface area contributed by atoms with Gasteiger partial charge in [-0.1, -0.05) is 88.4 Å². The summed E-state index contributed by atoms with van der Waals surface area (Å²) in [6, 6.07) is 15.4. The Morgan fingerprint density at radius 3 is 1.91 bits per heavy atom. The van der Waals surface area contributed by atoms with Crippen LogP contribution < -0.4 is 16.0 Å². The van der Waals surface area contributed by atoms with Crippen molar-refractivity contribution in [3.8, 4) is 0 Å². The molecule has 4 N–H and O–H groups in total. The van der Waals surface area contributed by atoms with Crippen molar-refractivity contribution >= 4 is 24.0 Å². The van der Waals surface area contributed by atoms with Gasteiger partial charge in [0.2, 0.25) is 5.91 Å². The molecular weight excluding hydrogens is 588 g/mol. The number of esters is 1. The van der Waals surface area contributed by atoms with Gasteiger partial charge in [0, 0.05) is 6.54 Å². The van der Waals surface area contributed by atoms with Crippen LogP contribution in [0.3, 0.4) is 0 Å². The Morgan fingerprint density at radius 1 is 0.848 bits per heavy atom. The van der Waals surface area contributed by atoms with Crippen molar-refractivity contribution < 1.29 is 33.8 Å². The molecule has 46 heavy (non-hydrogen) atoms. The predicted molar refractivity (Wildman–Crippen MR) is 177 cm³/mol. The molecule has 2 aromatic carbocycles. The number of nitrogens with zero attached hydrogens (tertiary/aromatic N) is 1. The molecule has 0 aliphatic heterocycles. The van der Waals surface area contributed by atoms with E-state index in [1.54, 1.807) is 34.6 Å². The number of methoxy groups -OCH3 is 1. The number of carbonyl (C=O) groups is 4. The number of aliphatic hydroxyl groups is 1. The molecule has 0 aliphatic rings. The topological polar surface area (TPSA) is 146 Å². The number of rotatable bonds is 15. The third kappa shape index (κ3) is 13.5. The van der Waals surface area contributed by atoms with Gasteiger partial charge in [0.15, 0.2) is 0 Å². The van der Waals surface area contributed by atoms with Gasteiger partial charge in [0.1, 0.15) is 17.7 Å². The van der Waals surface area contributed by atoms with Gasteiger partial charge >= 0.3 is 18.1 Å². The summed E-state index contributed by atoms with van der Waals surface area (Å²) in [6.07, 6.45) is -1.30. The molecule has 0 heterocycles. The average molecular weight is 641 g/mol. The quantitative estimate of drug-likeness (QED) is 0.211. The summed E-state index contributed by atoms with van der Waals surface area (Å²) < 4.78 is 10.3. The zero-order chi connectivity index (χ0) is 34.4. The summed E-state index contributed by atoms with van der Waals surface area (Å²) in [5, 5.41) is 19.9. The van der Waals surface area contributed by atoms with Crippen LogP contribution in [0.25, 0.3) is 0 Å². The van der Waals surface area contributed by atoms with Crippen molar-refractivity contribution in [1.82, 2.24) is 20.9 Å². The summed E-state index contributed by atoms with van der Waals surface area (Å²) in [4.78, 5) is 53.9. The monoisotopic (exact) mass is 640 g/mol. The third-order valence-corrected chi connectivity index (χ3v) is 7.12. The predicted octanol–water partition coefficient (Wildman–Crippen LogP) is 4.42. The maximum absolute atomic E-state index is 13.9. The van der Waals surface area contributed by atoms with Crippen molar-refractivity contribution in [2.24, 2.45) is 11.8 Å². The summed E-state index contributed by atoms with van der Waals surface area (Å²) in [6.45, 7) is 12.6. The SMILES string of the molecule is COC(=O)C(NC(=O)C(CC(C)C)NC(=O)N(Cc1ccccc1)CC(O)C(Cc1ccccc1)NC(=O)OC(C)(C)C)C(C)C. The minimum absolute atomic E-state index is 0.0353. The molecule has 0 saturated carbocycles. The highest BCUT2D eigenvalue weighted by molar-refractivity contribution is 5.90. The summed E-state index contributed by atoms with van der Waals surface area (Å²) in [7, 11) is 1.26. The zero-order valence-electron chi connectivity index (χ0n) is 28.4. The van der Waals surface area contributed by atoms with E-state index < -0.39 is 53.8 Å². The minimum atomic E-state index is -1.20. The summed E-state index contributed by atoms with van der Waals surface area (Å²) in [5.41, 5.74) is 0.931. The number of hydrogen-bond acceptors (Lipinski definition) is 7. The number of benzene rings is 2. The number of hydrogen-bond donors (Lipinski definition) is 4. The van der Waals surface area contributed by atoms with Gasteiger partial charge in [0.05, 0.1) is 25.8 Å². The van der Waals surface area contributed by atoms with E-state index in [1.165, 1.54) is 12.0 Å². The van der Waals surface area contributed by atoms with E-state index >= 15 is 0 Å². The summed E-state index contributed by atoms with van der Waals surface area (Å²) in [5.74, 6) is -1.29. The Hall–Kier alpha value is -4.12. The molecule has 0 aliphatic carbocycles. The van der Waals surface area contributed by atoms with Crippen LogP contribution >= 0.6 is 0 Å². The molecule has 0 aromatic heterocycles. The number of amides is 4. The molecule has 4 amide bonds. The number of urea groups is 1. The molecule has 11 nitrogen and oxygen atoms in total. The molecule has 0 bridgehead atoms. The number of nitrogens with one attached hydrogen (secondary N) is 3. The Morgan fingerprint density at radius 2 is 1.41 bits per heavy atom. The number of carbonyl (C=O) groups excluding carboxylic acids is 4. The van der Waals surface area contributed by atoms with E-state index in [-0.39, 0.29) is 31.3 Å². The van der Waals surface area contributed by atoms with Crippen molar-refractivity contribution in [1.29, 1.82) is 0 Å². The van der Waals surface area contributed by atoms with Crippen molar-refractivity contribution in [3.05, 3.63) is 71.8 Å². The lowest BCUT2D eigenvalue weighted by Gasteiger charge is -2.32. The Bertz CT molecular complexity index is 1250. The van der Waals surface area contributed by atoms with Crippen LogP contribution in [0.4, 0.5) is 9.59 Å². The van der Waals surface area contributed by atoms with Gasteiger partial charge in [-0.3, -0.25) is 4.79 Å². The normalized spacial score (nSPS) is 14.1. The highest BCUT2D eigenvalue weighted by atomic mass is 16.6. The maximum atomic E-state index is 13.9. The highest BCUT2D eigenvalue weighted by Crippen LogP contribution is 2.15. The number of aliphatic hydroxyl groups excluding tert-OH is 1. The molecule has 0 spiro atoms. The molecule has 0 fully saturated rings. The van der Waals surface area contributed by atoms with Gasteiger partial charge in [-0.15, -0.1) is 0 Å². The van der Waals surface area contributed by atoms with Gasteiger partial charge < -0.3 is 35.4 Å². The zero-order valence-corrected chi connectivity index (χ0v) is 28.4. The van der Waals surface area contributed by atoms with E-state index in [4.69, 9.17) is 9.47 Å². The standard InChI is InChI=1S/C35H52N4O7/c1-23(2)19-28(31(41)38-30(24(3)4)32(42)45-8)36-33(43)39(21-26-17-13-10-14-18-26)22-29(40)27(20-25-15-11-9-12-16-25)37-34(44)46-35(5,6)7/h9-18,23-24,27-30,40H,19-22H2,1-8H3,(H,36,43)(H,37,44)(H,38,41). The van der Waals surface area contributed by atoms with Crippen LogP contribution in [0.1, 0.15) is 66.0 Å². The summed E-state index contributed by atoms with van der Waals surface area (Å²) >= 11 is 0. The van der Waals surface area contributed by atoms with Crippen LogP contribution in [0.5, 0.6) is 0 Å². The molecule has 11 heteroatoms. The molecule has 2 rings (SSSR count). The molecule has 4 unspecified atom stereocenters. The Kier molecular flexibility index (Phi) is 15.0. The van der Waals surface area contributed by atoms with Crippen LogP contribution in [0.2, 0.25) is 0 Å². The first-order chi connectivity index (χ1) is 21.6. The third-order valence-electron chi connectivity index (χ3n) is 7.12. The van der Waals surface area contributed by atoms with E-state index in [0.717, 1.165) is 11.1 Å². The Balaban J connectivity index is 2.36. The fraction of sp³-hybridized carbons (Fsp3) is 0.543. The highest BCUT2D eigenvalue weighted by Gasteiger charge is 2.32. The fourth-order valence-electron chi connectivity index (χ4n) is 4.81. The molecule has 0 radical (unpaired) electrons. The van der Waals surface area contributed by atoms with Crippen molar-refractivity contribution in [3.63, 3.8) is 0 Å². The molecule has 4 atom stereocenters. The first-order valence-electron chi connectivity index (χ1n) is 15.8. The lowest BCUT2D eigenvalue weighted by atomic mass is 10.00. The smallest absolute Gasteiger partial charge is 0.407 e. The van der Waals surface area contributed by atoms with E-state index in [0.29, 0.717) is 6.42 Å². The average Bonchev–Trinajstić information content (AvgIpc) is 2.98. The maximum Gasteiger partial charge on any atom is 0.407 e. The van der Waals surface area contributed by atoms with Gasteiger partial charge in [-0.2, -0.15) is 0 Å². The second kappa shape index (κ2) is 18.1. The fourth-order valence-corrected chi connectivity index (χ4v) is 4.81. The van der Waals surface area contributed by atoms with Crippen LogP contribution in [0.15, 0.2) is 60.7 Å². The van der Waals surface area contributed by atoms with Crippen LogP contribution in [-0.4, -0.2) is 77.5 Å². The first kappa shape index (κ1) is 38.1. The Labute approximate surface area is 273 Å². The first-order valence-corrected chi connectivity index (χ1v) is 15.8. The minimum Gasteiger partial charge on any atom is -0.467 e. The van der Waals surface area contributed by atoms with E-state index in [9.17, 15) is 24.3 Å². The van der Waals surface area contributed by atoms with Crippen molar-refractivity contribution in [2.45, 2.75) is 97.7 Å². The molecular formula is C35H52N4O7. The second-order valence-electron chi connectivity index (χ2n) is 13.3. The van der Waals surface area contributed by atoms with Crippen LogP contribution in [-0.2, 0) is 32.0 Å². The number of ether oxygens (including phenoxy) is 2. The van der Waals surface area contributed by atoms with E-state index in [2.05, 4.69) is 16.0 Å². The van der Waals surface area contributed by atoms with Crippen molar-refractivity contribution in [2.75, 3.05) is 13.7 Å². The van der Waals surface area contributed by atoms with Gasteiger partial charge in [-0.25, -0.2) is 14.4 Å². The van der Waals surface area contributed by atoms with Gasteiger partial charge in [-0.05, 0) is 56.6 Å². The second-order valence-corrected chi connectivity index (χ2v) is 13.3. The van der Waals surface area contributed by atoms with Crippen LogP contribution in [0, 0.1) is 11.8 Å². The number of alkyl carbamates (subject to hydrolysis) is 1. The van der Waals surface area contributed by atoms with E-state index in [1.807, 2.05) is 74.5 Å². The molecule has 2 aromatic rings. The largest absolute Gasteiger partial charge is 0.467 e. The van der Waals surface area contributed by atoms with Gasteiger partial charge in [0.25, 0.3) is 0 Å². The lowest BCUT2D eigenvalue weighted by Crippen LogP contribution is -2.57. The molecule has 254 valence electrons. The molecule has 0 saturated heterocycles.